The highest BCUT2D eigenvalue weighted by Crippen LogP contribution is 2.44. The smallest absolute Gasteiger partial charge is 0.250 e. The average Bonchev–Trinajstić information content (AvgIpc) is 3.25. The minimum Gasteiger partial charge on any atom is -0.463 e. The molecule has 3 aliphatic heterocycles. The summed E-state index contributed by atoms with van der Waals surface area (Å²) in [6, 6.07) is 14.6. The van der Waals surface area contributed by atoms with E-state index in [1.807, 2.05) is 18.2 Å². The number of piperidine rings is 1. The van der Waals surface area contributed by atoms with Crippen LogP contribution in [0, 0.1) is 0 Å². The number of carbonyl (C=O) groups excluding carboxylic acids is 1. The standard InChI is InChI=1S/C28H30ClN3O7S/c1-37-19-28-18-31(40(35,36)24-16-38-23-13-21(29)7-8-22(23)26(24)34)15-25(33)32(28)17-27(39-28)9-11-30(12-10-27)14-20-5-3-2-4-6-20/h2-8,13,16H,9-12,14-15,17-19H2,1H3. The van der Waals surface area contributed by atoms with E-state index in [0.29, 0.717) is 24.4 Å². The minimum atomic E-state index is -4.41. The largest absolute Gasteiger partial charge is 0.463 e. The number of hydrogen-bond donors (Lipinski definition) is 0. The Morgan fingerprint density at radius 2 is 1.80 bits per heavy atom. The summed E-state index contributed by atoms with van der Waals surface area (Å²) in [7, 11) is -2.91. The summed E-state index contributed by atoms with van der Waals surface area (Å²) in [6.07, 6.45) is 2.30. The third-order valence-corrected chi connectivity index (χ3v) is 10.1. The highest BCUT2D eigenvalue weighted by atomic mass is 35.5. The second-order valence-electron chi connectivity index (χ2n) is 10.7. The molecular formula is C28H30ClN3O7S. The van der Waals surface area contributed by atoms with Gasteiger partial charge < -0.3 is 18.8 Å². The predicted octanol–water partition coefficient (Wildman–Crippen LogP) is 2.69. The Labute approximate surface area is 237 Å². The van der Waals surface area contributed by atoms with Crippen molar-refractivity contribution in [2.24, 2.45) is 0 Å². The SMILES string of the molecule is COCC12CN(S(=O)(=O)c3coc4cc(Cl)ccc4c3=O)CC(=O)N1CC1(CCN(Cc3ccccc3)CC1)O2. The van der Waals surface area contributed by atoms with Crippen molar-refractivity contribution in [3.8, 4) is 0 Å². The molecule has 0 radical (unpaired) electrons. The molecule has 212 valence electrons. The third kappa shape index (κ3) is 4.74. The Morgan fingerprint density at radius 3 is 2.52 bits per heavy atom. The van der Waals surface area contributed by atoms with Gasteiger partial charge in [-0.3, -0.25) is 14.5 Å². The van der Waals surface area contributed by atoms with Gasteiger partial charge in [-0.1, -0.05) is 41.9 Å². The van der Waals surface area contributed by atoms with Crippen molar-refractivity contribution in [3.63, 3.8) is 0 Å². The van der Waals surface area contributed by atoms with Gasteiger partial charge in [-0.2, -0.15) is 4.31 Å². The van der Waals surface area contributed by atoms with Crippen molar-refractivity contribution < 1.29 is 27.1 Å². The summed E-state index contributed by atoms with van der Waals surface area (Å²) in [5.41, 5.74) is -1.22. The number of nitrogens with zero attached hydrogens (tertiary/aromatic N) is 3. The van der Waals surface area contributed by atoms with E-state index in [1.54, 1.807) is 4.90 Å². The predicted molar refractivity (Wildman–Crippen MR) is 147 cm³/mol. The summed E-state index contributed by atoms with van der Waals surface area (Å²) < 4.78 is 46.1. The van der Waals surface area contributed by atoms with Gasteiger partial charge in [-0.25, -0.2) is 8.42 Å². The number of carbonyl (C=O) groups is 1. The van der Waals surface area contributed by atoms with Crippen molar-refractivity contribution >= 4 is 38.5 Å². The minimum absolute atomic E-state index is 0.00886. The fourth-order valence-corrected chi connectivity index (χ4v) is 7.70. The molecule has 40 heavy (non-hydrogen) atoms. The van der Waals surface area contributed by atoms with Crippen molar-refractivity contribution in [1.29, 1.82) is 0 Å². The third-order valence-electron chi connectivity index (χ3n) is 8.09. The van der Waals surface area contributed by atoms with E-state index in [-0.39, 0.29) is 24.1 Å². The molecule has 2 aromatic carbocycles. The lowest BCUT2D eigenvalue weighted by Crippen LogP contribution is -2.65. The molecule has 3 aromatic rings. The summed E-state index contributed by atoms with van der Waals surface area (Å²) >= 11 is 5.98. The fourth-order valence-electron chi connectivity index (χ4n) is 6.09. The second kappa shape index (κ2) is 10.2. The van der Waals surface area contributed by atoms with E-state index in [4.69, 9.17) is 25.5 Å². The normalized spacial score (nSPS) is 23.6. The number of sulfonamides is 1. The molecule has 1 aromatic heterocycles. The van der Waals surface area contributed by atoms with Crippen LogP contribution in [0.25, 0.3) is 11.0 Å². The maximum absolute atomic E-state index is 13.7. The summed E-state index contributed by atoms with van der Waals surface area (Å²) in [5, 5.41) is 0.438. The van der Waals surface area contributed by atoms with Crippen LogP contribution in [0.15, 0.2) is 68.9 Å². The number of halogens is 1. The van der Waals surface area contributed by atoms with Crippen molar-refractivity contribution in [2.45, 2.75) is 35.6 Å². The Hall–Kier alpha value is -2.80. The molecule has 6 rings (SSSR count). The van der Waals surface area contributed by atoms with Crippen LogP contribution < -0.4 is 5.43 Å². The lowest BCUT2D eigenvalue weighted by atomic mass is 9.91. The Balaban J connectivity index is 1.25. The molecule has 3 saturated heterocycles. The van der Waals surface area contributed by atoms with Crippen LogP contribution >= 0.6 is 11.6 Å². The van der Waals surface area contributed by atoms with E-state index >= 15 is 0 Å². The number of benzene rings is 2. The molecule has 1 spiro atoms. The first-order valence-corrected chi connectivity index (χ1v) is 14.9. The zero-order valence-corrected chi connectivity index (χ0v) is 23.6. The highest BCUT2D eigenvalue weighted by molar-refractivity contribution is 7.89. The van der Waals surface area contributed by atoms with Crippen LogP contribution in [0.4, 0.5) is 0 Å². The Kier molecular flexibility index (Phi) is 7.00. The van der Waals surface area contributed by atoms with Crippen LogP contribution in [-0.2, 0) is 30.8 Å². The molecule has 1 unspecified atom stereocenters. The van der Waals surface area contributed by atoms with Crippen molar-refractivity contribution in [3.05, 3.63) is 75.6 Å². The van der Waals surface area contributed by atoms with Gasteiger partial charge in [0.25, 0.3) is 10.0 Å². The van der Waals surface area contributed by atoms with Crippen LogP contribution in [-0.4, -0.2) is 86.2 Å². The van der Waals surface area contributed by atoms with Gasteiger partial charge in [0.15, 0.2) is 10.6 Å². The van der Waals surface area contributed by atoms with Gasteiger partial charge in [-0.15, -0.1) is 0 Å². The molecule has 12 heteroatoms. The first-order chi connectivity index (χ1) is 19.1. The van der Waals surface area contributed by atoms with Gasteiger partial charge in [0.2, 0.25) is 11.3 Å². The number of methoxy groups -OCH3 is 1. The maximum Gasteiger partial charge on any atom is 0.250 e. The Bertz CT molecular complexity index is 1610. The van der Waals surface area contributed by atoms with Gasteiger partial charge >= 0.3 is 0 Å². The van der Waals surface area contributed by atoms with Gasteiger partial charge in [0.05, 0.1) is 37.2 Å². The number of rotatable bonds is 6. The maximum atomic E-state index is 13.7. The number of ether oxygens (including phenoxy) is 2. The zero-order valence-electron chi connectivity index (χ0n) is 22.0. The summed E-state index contributed by atoms with van der Waals surface area (Å²) in [5.74, 6) is -0.396. The molecular weight excluding hydrogens is 558 g/mol. The average molecular weight is 588 g/mol. The van der Waals surface area contributed by atoms with Gasteiger partial charge in [0, 0.05) is 37.8 Å². The van der Waals surface area contributed by atoms with Crippen molar-refractivity contribution in [2.75, 3.05) is 46.4 Å². The lowest BCUT2D eigenvalue weighted by molar-refractivity contribution is -0.197. The number of likely N-dealkylation sites (tertiary alicyclic amines) is 1. The molecule has 3 fully saturated rings. The molecule has 1 amide bonds. The second-order valence-corrected chi connectivity index (χ2v) is 13.1. The molecule has 10 nitrogen and oxygen atoms in total. The van der Waals surface area contributed by atoms with Crippen LogP contribution in [0.3, 0.4) is 0 Å². The first-order valence-electron chi connectivity index (χ1n) is 13.1. The first kappa shape index (κ1) is 27.4. The van der Waals surface area contributed by atoms with Crippen LogP contribution in [0.1, 0.15) is 18.4 Å². The van der Waals surface area contributed by atoms with E-state index < -0.39 is 44.1 Å². The molecule has 0 N–H and O–H groups in total. The quantitative estimate of drug-likeness (QED) is 0.433. The molecule has 4 heterocycles. The number of amides is 1. The van der Waals surface area contributed by atoms with Crippen LogP contribution in [0.5, 0.6) is 0 Å². The van der Waals surface area contributed by atoms with Crippen LogP contribution in [0.2, 0.25) is 5.02 Å². The van der Waals surface area contributed by atoms with Gasteiger partial charge in [-0.05, 0) is 30.5 Å². The molecule has 3 aliphatic rings. The summed E-state index contributed by atoms with van der Waals surface area (Å²) in [4.78, 5) is 30.1. The van der Waals surface area contributed by atoms with E-state index in [2.05, 4.69) is 17.0 Å². The van der Waals surface area contributed by atoms with E-state index in [9.17, 15) is 18.0 Å². The lowest BCUT2D eigenvalue weighted by Gasteiger charge is -2.44. The molecule has 1 atom stereocenters. The molecule has 0 aliphatic carbocycles. The number of hydrogen-bond acceptors (Lipinski definition) is 8. The van der Waals surface area contributed by atoms with Crippen molar-refractivity contribution in [1.82, 2.24) is 14.1 Å². The number of piperazine rings is 1. The van der Waals surface area contributed by atoms with Gasteiger partial charge in [0.1, 0.15) is 11.8 Å². The zero-order chi connectivity index (χ0) is 28.1. The fraction of sp³-hybridized carbons (Fsp3) is 0.429. The summed E-state index contributed by atoms with van der Waals surface area (Å²) in [6.45, 7) is 2.17. The van der Waals surface area contributed by atoms with E-state index in [0.717, 1.165) is 30.2 Å². The monoisotopic (exact) mass is 587 g/mol. The Morgan fingerprint density at radius 1 is 1.05 bits per heavy atom. The highest BCUT2D eigenvalue weighted by Gasteiger charge is 2.61. The van der Waals surface area contributed by atoms with E-state index in [1.165, 1.54) is 30.9 Å². The number of fused-ring (bicyclic) bond motifs is 2. The molecule has 0 saturated carbocycles. The molecule has 0 bridgehead atoms. The topological polar surface area (TPSA) is 110 Å².